The van der Waals surface area contributed by atoms with Gasteiger partial charge in [-0.2, -0.15) is 0 Å². The Hall–Kier alpha value is -0.960. The molecule has 0 aromatic heterocycles. The van der Waals surface area contributed by atoms with Gasteiger partial charge < -0.3 is 0 Å². The number of rotatable bonds is 0. The fourth-order valence-electron chi connectivity index (χ4n) is 0.565. The predicted molar refractivity (Wildman–Crippen MR) is 35.3 cm³/mol. The van der Waals surface area contributed by atoms with Crippen LogP contribution in [0.2, 0.25) is 0 Å². The van der Waals surface area contributed by atoms with Gasteiger partial charge in [0.05, 0.1) is 0 Å². The Bertz CT molecular complexity index is 162. The maximum absolute atomic E-state index is 3.00. The summed E-state index contributed by atoms with van der Waals surface area (Å²) in [6.07, 6.45) is 10.1. The molecule has 0 nitrogen and oxygen atoms in total. The van der Waals surface area contributed by atoms with Gasteiger partial charge in [-0.1, -0.05) is 30.1 Å². The highest BCUT2D eigenvalue weighted by atomic mass is 13.8. The Morgan fingerprint density at radius 3 is 3.25 bits per heavy atom. The fraction of sp³-hybridized carbons (Fsp3) is 0.250. The zero-order valence-electron chi connectivity index (χ0n) is 4.72. The highest BCUT2D eigenvalue weighted by Gasteiger charge is 1.74. The van der Waals surface area contributed by atoms with Gasteiger partial charge in [-0.05, 0) is 12.5 Å². The predicted octanol–water partition coefficient (Wildman–Crippen LogP) is 1.90. The van der Waals surface area contributed by atoms with E-state index in [1.807, 2.05) is 18.2 Å². The van der Waals surface area contributed by atoms with Crippen LogP contribution in [0.5, 0.6) is 0 Å². The van der Waals surface area contributed by atoms with Crippen molar-refractivity contribution in [3.63, 3.8) is 0 Å². The zero-order chi connectivity index (χ0) is 5.66. The van der Waals surface area contributed by atoms with E-state index in [4.69, 9.17) is 0 Å². The van der Waals surface area contributed by atoms with Crippen LogP contribution in [0.3, 0.4) is 0 Å². The van der Waals surface area contributed by atoms with Crippen molar-refractivity contribution in [3.8, 4) is 11.8 Å². The number of hydrogen-bond acceptors (Lipinski definition) is 0. The van der Waals surface area contributed by atoms with Crippen LogP contribution in [0.4, 0.5) is 0 Å². The van der Waals surface area contributed by atoms with E-state index in [-0.39, 0.29) is 0 Å². The molecule has 40 valence electrons. The van der Waals surface area contributed by atoms with Crippen molar-refractivity contribution in [2.75, 3.05) is 0 Å². The van der Waals surface area contributed by atoms with E-state index < -0.39 is 0 Å². The summed E-state index contributed by atoms with van der Waals surface area (Å²) in [6, 6.07) is 0. The summed E-state index contributed by atoms with van der Waals surface area (Å²) in [5, 5.41) is 0. The van der Waals surface area contributed by atoms with Crippen LogP contribution in [0.15, 0.2) is 24.3 Å². The van der Waals surface area contributed by atoms with E-state index in [0.29, 0.717) is 0 Å². The molecule has 0 radical (unpaired) electrons. The molecule has 0 amide bonds. The second-order valence-electron chi connectivity index (χ2n) is 1.65. The Morgan fingerprint density at radius 1 is 1.25 bits per heavy atom. The first-order valence-electron chi connectivity index (χ1n) is 2.80. The van der Waals surface area contributed by atoms with Crippen LogP contribution in [0, 0.1) is 11.8 Å². The maximum Gasteiger partial charge on any atom is 0.0127 e. The van der Waals surface area contributed by atoms with Crippen LogP contribution in [-0.2, 0) is 0 Å². The molecule has 0 atom stereocenters. The molecule has 8 heavy (non-hydrogen) atoms. The van der Waals surface area contributed by atoms with Crippen molar-refractivity contribution in [1.29, 1.82) is 0 Å². The van der Waals surface area contributed by atoms with Crippen molar-refractivity contribution in [2.45, 2.75) is 12.8 Å². The first-order valence-corrected chi connectivity index (χ1v) is 2.80. The van der Waals surface area contributed by atoms with E-state index in [9.17, 15) is 0 Å². The highest BCUT2D eigenvalue weighted by Crippen LogP contribution is 1.91. The lowest BCUT2D eigenvalue weighted by Gasteiger charge is -1.82. The molecule has 0 aromatic rings. The van der Waals surface area contributed by atoms with E-state index in [1.54, 1.807) is 0 Å². The third-order valence-electron chi connectivity index (χ3n) is 0.965. The van der Waals surface area contributed by atoms with E-state index in [0.717, 1.165) is 12.8 Å². The minimum atomic E-state index is 1.00. The summed E-state index contributed by atoms with van der Waals surface area (Å²) >= 11 is 0. The van der Waals surface area contributed by atoms with Gasteiger partial charge in [0.25, 0.3) is 0 Å². The fourth-order valence-corrected chi connectivity index (χ4v) is 0.565. The van der Waals surface area contributed by atoms with Crippen LogP contribution in [0.1, 0.15) is 12.8 Å². The molecule has 0 saturated heterocycles. The molecule has 1 rings (SSSR count). The van der Waals surface area contributed by atoms with Gasteiger partial charge in [-0.15, -0.1) is 0 Å². The molecule has 1 aliphatic rings. The summed E-state index contributed by atoms with van der Waals surface area (Å²) in [5.74, 6) is 5.90. The van der Waals surface area contributed by atoms with Crippen LogP contribution < -0.4 is 0 Å². The van der Waals surface area contributed by atoms with Gasteiger partial charge in [-0.3, -0.25) is 0 Å². The van der Waals surface area contributed by atoms with Crippen molar-refractivity contribution in [2.24, 2.45) is 0 Å². The van der Waals surface area contributed by atoms with Gasteiger partial charge in [0.1, 0.15) is 0 Å². The minimum absolute atomic E-state index is 1.00. The van der Waals surface area contributed by atoms with Crippen LogP contribution >= 0.6 is 0 Å². The lowest BCUT2D eigenvalue weighted by Crippen LogP contribution is -1.66. The Morgan fingerprint density at radius 2 is 2.25 bits per heavy atom. The molecule has 0 bridgehead atoms. The lowest BCUT2D eigenvalue weighted by atomic mass is 10.2. The van der Waals surface area contributed by atoms with Crippen LogP contribution in [0.25, 0.3) is 0 Å². The van der Waals surface area contributed by atoms with Crippen molar-refractivity contribution in [1.82, 2.24) is 0 Å². The Kier molecular flexibility index (Phi) is 2.01. The third kappa shape index (κ3) is 1.66. The molecule has 0 heterocycles. The molecule has 0 heteroatoms. The van der Waals surface area contributed by atoms with Gasteiger partial charge >= 0.3 is 0 Å². The molecular weight excluding hydrogens is 96.1 g/mol. The summed E-state index contributed by atoms with van der Waals surface area (Å²) in [4.78, 5) is 0. The van der Waals surface area contributed by atoms with Crippen molar-refractivity contribution < 1.29 is 0 Å². The summed E-state index contributed by atoms with van der Waals surface area (Å²) in [6.45, 7) is 0. The Balaban J connectivity index is 2.58. The maximum atomic E-state index is 3.00. The van der Waals surface area contributed by atoms with Gasteiger partial charge in [0.15, 0.2) is 0 Å². The normalized spacial score (nSPS) is 16.0. The molecule has 0 saturated carbocycles. The van der Waals surface area contributed by atoms with Gasteiger partial charge in [0, 0.05) is 6.42 Å². The van der Waals surface area contributed by atoms with Crippen molar-refractivity contribution >= 4 is 0 Å². The molecule has 0 spiro atoms. The molecular formula is C8H8. The van der Waals surface area contributed by atoms with Gasteiger partial charge in [0.2, 0.25) is 0 Å². The van der Waals surface area contributed by atoms with E-state index >= 15 is 0 Å². The smallest absolute Gasteiger partial charge is 0.0127 e. The topological polar surface area (TPSA) is 0 Å². The van der Waals surface area contributed by atoms with Crippen molar-refractivity contribution in [3.05, 3.63) is 24.3 Å². The van der Waals surface area contributed by atoms with Crippen LogP contribution in [-0.4, -0.2) is 0 Å². The lowest BCUT2D eigenvalue weighted by molar-refractivity contribution is 1.08. The molecule has 0 fully saturated rings. The summed E-state index contributed by atoms with van der Waals surface area (Å²) < 4.78 is 0. The standard InChI is InChI=1S/C8H8/c1-2-4-6-8-7-5-3-1/h1-4H,5,7H2. The molecule has 0 aromatic carbocycles. The second kappa shape index (κ2) is 3.10. The van der Waals surface area contributed by atoms with E-state index in [1.165, 1.54) is 0 Å². The molecule has 1 aliphatic carbocycles. The first kappa shape index (κ1) is 5.18. The average molecular weight is 104 g/mol. The zero-order valence-corrected chi connectivity index (χ0v) is 4.72. The quantitative estimate of drug-likeness (QED) is 0.412. The molecule has 0 aliphatic heterocycles. The monoisotopic (exact) mass is 104 g/mol. The molecule has 0 N–H and O–H groups in total. The first-order chi connectivity index (χ1) is 4.00. The third-order valence-corrected chi connectivity index (χ3v) is 0.965. The highest BCUT2D eigenvalue weighted by molar-refractivity contribution is 5.21. The summed E-state index contributed by atoms with van der Waals surface area (Å²) in [7, 11) is 0. The summed E-state index contributed by atoms with van der Waals surface area (Å²) in [5.41, 5.74) is 0. The second-order valence-corrected chi connectivity index (χ2v) is 1.65. The Labute approximate surface area is 49.9 Å². The molecule has 0 unspecified atom stereocenters. The van der Waals surface area contributed by atoms with E-state index in [2.05, 4.69) is 17.9 Å². The average Bonchev–Trinajstić information content (AvgIpc) is 1.62. The van der Waals surface area contributed by atoms with Gasteiger partial charge in [-0.25, -0.2) is 0 Å². The number of hydrogen-bond donors (Lipinski definition) is 0. The SMILES string of the molecule is C1#CCCC=CC=C1. The largest absolute Gasteiger partial charge is 0.0982 e. The minimum Gasteiger partial charge on any atom is -0.0982 e. The number of allylic oxidation sites excluding steroid dienone is 4.